The number of carbonyl (C=O) groups excluding carboxylic acids is 2. The molecule has 0 amide bonds. The Balaban J connectivity index is 2.35. The molecule has 0 heterocycles. The molecular weight excluding hydrogens is 256 g/mol. The molecule has 96 valence electrons. The number of halogens is 1. The van der Waals surface area contributed by atoms with Gasteiger partial charge >= 0.3 is 5.97 Å². The van der Waals surface area contributed by atoms with E-state index >= 15 is 0 Å². The number of esters is 1. The van der Waals surface area contributed by atoms with Crippen molar-refractivity contribution in [3.8, 4) is 0 Å². The number of aliphatic hydroxyl groups is 1. The van der Waals surface area contributed by atoms with E-state index in [9.17, 15) is 14.7 Å². The van der Waals surface area contributed by atoms with E-state index < -0.39 is 17.4 Å². The maximum atomic E-state index is 12.1. The predicted octanol–water partition coefficient (Wildman–Crippen LogP) is 1.76. The molecule has 0 aromatic heterocycles. The Hall–Kier alpha value is -1.39. The van der Waals surface area contributed by atoms with E-state index in [-0.39, 0.29) is 12.5 Å². The standard InChI is InChI=1S/C13H13ClO4/c1-7(2)18-12(16)13(17)6-8-5-9(14)3-4-10(8)11(13)15/h3-5,7,17H,6H2,1-2H3. The van der Waals surface area contributed by atoms with Crippen LogP contribution in [-0.2, 0) is 16.0 Å². The summed E-state index contributed by atoms with van der Waals surface area (Å²) < 4.78 is 4.93. The number of ether oxygens (including phenoxy) is 1. The second-order valence-corrected chi connectivity index (χ2v) is 5.06. The van der Waals surface area contributed by atoms with Crippen molar-refractivity contribution in [2.24, 2.45) is 0 Å². The summed E-state index contributed by atoms with van der Waals surface area (Å²) in [5.74, 6) is -1.53. The maximum Gasteiger partial charge on any atom is 0.347 e. The molecule has 0 spiro atoms. The zero-order valence-corrected chi connectivity index (χ0v) is 10.8. The summed E-state index contributed by atoms with van der Waals surface area (Å²) in [6.07, 6.45) is -0.477. The topological polar surface area (TPSA) is 63.6 Å². The van der Waals surface area contributed by atoms with E-state index in [1.165, 1.54) is 6.07 Å². The molecule has 0 aliphatic heterocycles. The lowest BCUT2D eigenvalue weighted by molar-refractivity contribution is -0.163. The van der Waals surface area contributed by atoms with Gasteiger partial charge in [0, 0.05) is 17.0 Å². The number of carbonyl (C=O) groups is 2. The molecule has 18 heavy (non-hydrogen) atoms. The lowest BCUT2D eigenvalue weighted by Gasteiger charge is -2.20. The first-order chi connectivity index (χ1) is 8.34. The highest BCUT2D eigenvalue weighted by Gasteiger charge is 2.51. The molecule has 1 unspecified atom stereocenters. The third-order valence-corrected chi connectivity index (χ3v) is 3.05. The van der Waals surface area contributed by atoms with E-state index in [0.717, 1.165) is 0 Å². The quantitative estimate of drug-likeness (QED) is 0.656. The van der Waals surface area contributed by atoms with Gasteiger partial charge in [0.2, 0.25) is 11.4 Å². The van der Waals surface area contributed by atoms with Crippen LogP contribution in [0.3, 0.4) is 0 Å². The van der Waals surface area contributed by atoms with Gasteiger partial charge in [-0.1, -0.05) is 11.6 Å². The van der Waals surface area contributed by atoms with Gasteiger partial charge in [-0.2, -0.15) is 0 Å². The van der Waals surface area contributed by atoms with Crippen molar-refractivity contribution in [3.63, 3.8) is 0 Å². The van der Waals surface area contributed by atoms with Crippen LogP contribution >= 0.6 is 11.6 Å². The highest BCUT2D eigenvalue weighted by molar-refractivity contribution is 6.31. The minimum absolute atomic E-state index is 0.0900. The van der Waals surface area contributed by atoms with E-state index in [4.69, 9.17) is 16.3 Å². The summed E-state index contributed by atoms with van der Waals surface area (Å²) in [4.78, 5) is 23.9. The minimum Gasteiger partial charge on any atom is -0.460 e. The fraction of sp³-hybridized carbons (Fsp3) is 0.385. The lowest BCUT2D eigenvalue weighted by Crippen LogP contribution is -2.46. The Morgan fingerprint density at radius 1 is 1.50 bits per heavy atom. The largest absolute Gasteiger partial charge is 0.460 e. The van der Waals surface area contributed by atoms with Crippen molar-refractivity contribution in [1.29, 1.82) is 0 Å². The van der Waals surface area contributed by atoms with Gasteiger partial charge in [-0.3, -0.25) is 4.79 Å². The molecule has 1 N–H and O–H groups in total. The fourth-order valence-electron chi connectivity index (χ4n) is 1.99. The maximum absolute atomic E-state index is 12.1. The Labute approximate surface area is 110 Å². The average molecular weight is 269 g/mol. The monoisotopic (exact) mass is 268 g/mol. The molecule has 1 aromatic carbocycles. The normalized spacial score (nSPS) is 22.2. The highest BCUT2D eigenvalue weighted by Crippen LogP contribution is 2.33. The van der Waals surface area contributed by atoms with Crippen LogP contribution in [0, 0.1) is 0 Å². The number of benzene rings is 1. The number of hydrogen-bond donors (Lipinski definition) is 1. The van der Waals surface area contributed by atoms with Gasteiger partial charge in [0.15, 0.2) is 0 Å². The van der Waals surface area contributed by atoms with E-state index in [1.54, 1.807) is 26.0 Å². The number of hydrogen-bond acceptors (Lipinski definition) is 4. The molecule has 2 rings (SSSR count). The molecule has 0 radical (unpaired) electrons. The molecule has 0 fully saturated rings. The van der Waals surface area contributed by atoms with Crippen molar-refractivity contribution in [2.45, 2.75) is 32.0 Å². The van der Waals surface area contributed by atoms with Crippen LogP contribution in [0.1, 0.15) is 29.8 Å². The number of fused-ring (bicyclic) bond motifs is 1. The van der Waals surface area contributed by atoms with E-state index in [2.05, 4.69) is 0 Å². The van der Waals surface area contributed by atoms with Crippen LogP contribution in [0.5, 0.6) is 0 Å². The third kappa shape index (κ3) is 2.02. The summed E-state index contributed by atoms with van der Waals surface area (Å²) in [6, 6.07) is 4.65. The van der Waals surface area contributed by atoms with Gasteiger partial charge in [-0.25, -0.2) is 4.79 Å². The second kappa shape index (κ2) is 4.37. The van der Waals surface area contributed by atoms with Gasteiger partial charge in [0.1, 0.15) is 0 Å². The molecule has 5 heteroatoms. The molecule has 0 bridgehead atoms. The molecule has 1 aliphatic carbocycles. The van der Waals surface area contributed by atoms with Crippen molar-refractivity contribution in [1.82, 2.24) is 0 Å². The van der Waals surface area contributed by atoms with Crippen LogP contribution < -0.4 is 0 Å². The van der Waals surface area contributed by atoms with Gasteiger partial charge in [0.05, 0.1) is 6.10 Å². The SMILES string of the molecule is CC(C)OC(=O)C1(O)Cc2cc(Cl)ccc2C1=O. The summed E-state index contributed by atoms with van der Waals surface area (Å²) >= 11 is 5.82. The number of rotatable bonds is 2. The van der Waals surface area contributed by atoms with Crippen LogP contribution in [0.2, 0.25) is 5.02 Å². The smallest absolute Gasteiger partial charge is 0.347 e. The summed E-state index contributed by atoms with van der Waals surface area (Å²) in [5.41, 5.74) is -1.23. The first-order valence-corrected chi connectivity index (χ1v) is 5.99. The molecule has 1 aliphatic rings. The molecule has 1 aromatic rings. The lowest BCUT2D eigenvalue weighted by atomic mass is 9.99. The first-order valence-electron chi connectivity index (χ1n) is 5.61. The van der Waals surface area contributed by atoms with Crippen molar-refractivity contribution in [2.75, 3.05) is 0 Å². The van der Waals surface area contributed by atoms with Gasteiger partial charge in [0.25, 0.3) is 0 Å². The Morgan fingerprint density at radius 2 is 2.17 bits per heavy atom. The number of Topliss-reactive ketones (excluding diaryl/α,β-unsaturated/α-hetero) is 1. The number of ketones is 1. The summed E-state index contributed by atoms with van der Waals surface area (Å²) in [7, 11) is 0. The molecule has 0 saturated heterocycles. The molecular formula is C13H13ClO4. The van der Waals surface area contributed by atoms with Crippen LogP contribution in [-0.4, -0.2) is 28.6 Å². The fourth-order valence-corrected chi connectivity index (χ4v) is 2.18. The van der Waals surface area contributed by atoms with Gasteiger partial charge in [-0.05, 0) is 37.6 Å². The van der Waals surface area contributed by atoms with Crippen LogP contribution in [0.15, 0.2) is 18.2 Å². The summed E-state index contributed by atoms with van der Waals surface area (Å²) in [5, 5.41) is 10.7. The van der Waals surface area contributed by atoms with Crippen molar-refractivity contribution >= 4 is 23.4 Å². The van der Waals surface area contributed by atoms with Crippen molar-refractivity contribution in [3.05, 3.63) is 34.3 Å². The third-order valence-electron chi connectivity index (χ3n) is 2.81. The van der Waals surface area contributed by atoms with E-state index in [0.29, 0.717) is 16.1 Å². The van der Waals surface area contributed by atoms with Crippen LogP contribution in [0.4, 0.5) is 0 Å². The Kier molecular flexibility index (Phi) is 3.17. The molecule has 1 atom stereocenters. The minimum atomic E-state index is -2.11. The highest BCUT2D eigenvalue weighted by atomic mass is 35.5. The van der Waals surface area contributed by atoms with Gasteiger partial charge in [-0.15, -0.1) is 0 Å². The zero-order valence-electron chi connectivity index (χ0n) is 10.1. The Bertz CT molecular complexity index is 524. The second-order valence-electron chi connectivity index (χ2n) is 4.62. The van der Waals surface area contributed by atoms with Gasteiger partial charge < -0.3 is 9.84 Å². The zero-order chi connectivity index (χ0) is 13.5. The predicted molar refractivity (Wildman–Crippen MR) is 65.7 cm³/mol. The van der Waals surface area contributed by atoms with Crippen molar-refractivity contribution < 1.29 is 19.4 Å². The summed E-state index contributed by atoms with van der Waals surface area (Å²) in [6.45, 7) is 3.31. The first kappa shape index (κ1) is 13.1. The van der Waals surface area contributed by atoms with Crippen LogP contribution in [0.25, 0.3) is 0 Å². The molecule has 4 nitrogen and oxygen atoms in total. The molecule has 0 saturated carbocycles. The van der Waals surface area contributed by atoms with E-state index in [1.807, 2.05) is 0 Å². The Morgan fingerprint density at radius 3 is 2.78 bits per heavy atom. The average Bonchev–Trinajstić information content (AvgIpc) is 2.51.